The Morgan fingerprint density at radius 1 is 1.07 bits per heavy atom. The molecule has 0 aliphatic heterocycles. The number of sulfonamides is 1. The van der Waals surface area contributed by atoms with Gasteiger partial charge in [-0.25, -0.2) is 13.1 Å². The Bertz CT molecular complexity index is 268. The Balaban J connectivity index is 4.36. The lowest BCUT2D eigenvalue weighted by Gasteiger charge is -2.24. The average molecular weight is 243 g/mol. The summed E-state index contributed by atoms with van der Waals surface area (Å²) in [6, 6.07) is 0. The molecule has 92 valence electrons. The fourth-order valence-electron chi connectivity index (χ4n) is 1.52. The average Bonchev–Trinajstić information content (AvgIpc) is 2.02. The Labute approximate surface area is 90.3 Å². The molecule has 0 unspecified atom stereocenters. The predicted octanol–water partition coefficient (Wildman–Crippen LogP) is 2.06. The van der Waals surface area contributed by atoms with Gasteiger partial charge in [-0.1, -0.05) is 27.7 Å². The Hall–Kier alpha value is -0.230. The van der Waals surface area contributed by atoms with Crippen LogP contribution in [0.5, 0.6) is 0 Å². The first-order chi connectivity index (χ1) is 6.68. The van der Waals surface area contributed by atoms with E-state index in [-0.39, 0.29) is 24.3 Å². The van der Waals surface area contributed by atoms with Gasteiger partial charge >= 0.3 is 5.76 Å². The van der Waals surface area contributed by atoms with Crippen LogP contribution in [0.15, 0.2) is 0 Å². The van der Waals surface area contributed by atoms with Gasteiger partial charge in [-0.2, -0.15) is 8.78 Å². The summed E-state index contributed by atoms with van der Waals surface area (Å²) in [6.07, 6.45) is 0. The zero-order valence-electron chi connectivity index (χ0n) is 9.50. The van der Waals surface area contributed by atoms with E-state index in [9.17, 15) is 17.2 Å². The van der Waals surface area contributed by atoms with Gasteiger partial charge in [-0.3, -0.25) is 0 Å². The molecule has 0 heterocycles. The van der Waals surface area contributed by atoms with Crippen molar-refractivity contribution >= 4 is 10.0 Å². The van der Waals surface area contributed by atoms with E-state index < -0.39 is 15.8 Å². The molecule has 0 saturated carbocycles. The first-order valence-corrected chi connectivity index (χ1v) is 6.49. The minimum absolute atomic E-state index is 0.0681. The van der Waals surface area contributed by atoms with Crippen molar-refractivity contribution in [2.24, 2.45) is 17.8 Å². The van der Waals surface area contributed by atoms with E-state index in [0.29, 0.717) is 0 Å². The first-order valence-electron chi connectivity index (χ1n) is 4.95. The van der Waals surface area contributed by atoms with Crippen LogP contribution in [0.1, 0.15) is 27.7 Å². The van der Waals surface area contributed by atoms with Crippen molar-refractivity contribution in [2.45, 2.75) is 33.5 Å². The molecule has 0 amide bonds. The number of halogens is 2. The predicted molar refractivity (Wildman–Crippen MR) is 56.1 cm³/mol. The zero-order valence-corrected chi connectivity index (χ0v) is 10.3. The molecule has 0 rings (SSSR count). The number of hydrogen-bond donors (Lipinski definition) is 1. The molecule has 0 aliphatic carbocycles. The van der Waals surface area contributed by atoms with E-state index in [1.165, 1.54) is 0 Å². The van der Waals surface area contributed by atoms with Gasteiger partial charge in [0.15, 0.2) is 0 Å². The zero-order chi connectivity index (χ0) is 12.2. The van der Waals surface area contributed by atoms with Crippen LogP contribution >= 0.6 is 0 Å². The van der Waals surface area contributed by atoms with Crippen molar-refractivity contribution in [1.82, 2.24) is 4.72 Å². The van der Waals surface area contributed by atoms with Crippen LogP contribution in [0.4, 0.5) is 8.78 Å². The van der Waals surface area contributed by atoms with Crippen molar-refractivity contribution in [3.63, 3.8) is 0 Å². The first kappa shape index (κ1) is 14.8. The van der Waals surface area contributed by atoms with Gasteiger partial charge in [0.1, 0.15) is 0 Å². The second kappa shape index (κ2) is 5.75. The van der Waals surface area contributed by atoms with Gasteiger partial charge in [-0.05, 0) is 17.8 Å². The van der Waals surface area contributed by atoms with Crippen LogP contribution in [0, 0.1) is 17.8 Å². The third-order valence-electron chi connectivity index (χ3n) is 2.47. The Kier molecular flexibility index (Phi) is 5.66. The molecular weight excluding hydrogens is 224 g/mol. The van der Waals surface area contributed by atoms with Gasteiger partial charge in [0, 0.05) is 6.54 Å². The Morgan fingerprint density at radius 3 is 1.73 bits per heavy atom. The lowest BCUT2D eigenvalue weighted by molar-refractivity contribution is 0.229. The highest BCUT2D eigenvalue weighted by atomic mass is 32.2. The van der Waals surface area contributed by atoms with Crippen molar-refractivity contribution in [1.29, 1.82) is 0 Å². The summed E-state index contributed by atoms with van der Waals surface area (Å²) >= 11 is 0. The van der Waals surface area contributed by atoms with Crippen molar-refractivity contribution < 1.29 is 17.2 Å². The van der Waals surface area contributed by atoms with E-state index in [1.807, 2.05) is 32.4 Å². The molecule has 0 spiro atoms. The van der Waals surface area contributed by atoms with Crippen LogP contribution in [-0.2, 0) is 10.0 Å². The number of hydrogen-bond acceptors (Lipinski definition) is 2. The highest BCUT2D eigenvalue weighted by Crippen LogP contribution is 2.20. The van der Waals surface area contributed by atoms with Crippen molar-refractivity contribution in [3.05, 3.63) is 0 Å². The van der Waals surface area contributed by atoms with Gasteiger partial charge in [0.25, 0.3) is 10.0 Å². The normalized spacial score (nSPS) is 13.5. The van der Waals surface area contributed by atoms with Gasteiger partial charge in [0.05, 0.1) is 0 Å². The van der Waals surface area contributed by atoms with Gasteiger partial charge in [0.2, 0.25) is 0 Å². The molecule has 0 atom stereocenters. The summed E-state index contributed by atoms with van der Waals surface area (Å²) in [5.41, 5.74) is 0. The lowest BCUT2D eigenvalue weighted by Crippen LogP contribution is -2.36. The molecule has 6 heteroatoms. The standard InChI is InChI=1S/C9H19F2NO2S/c1-6(2)8(7(3)4)5-12-15(13,14)9(10)11/h6-9,12H,5H2,1-4H3. The number of rotatable bonds is 6. The third-order valence-corrected chi connectivity index (χ3v) is 3.51. The van der Waals surface area contributed by atoms with Crippen LogP contribution in [0.25, 0.3) is 0 Å². The monoisotopic (exact) mass is 243 g/mol. The molecular formula is C9H19F2NO2S. The van der Waals surface area contributed by atoms with Crippen LogP contribution in [0.2, 0.25) is 0 Å². The lowest BCUT2D eigenvalue weighted by atomic mass is 9.86. The highest BCUT2D eigenvalue weighted by Gasteiger charge is 2.26. The van der Waals surface area contributed by atoms with E-state index in [2.05, 4.69) is 0 Å². The fraction of sp³-hybridized carbons (Fsp3) is 1.00. The van der Waals surface area contributed by atoms with Crippen LogP contribution < -0.4 is 4.72 Å². The minimum Gasteiger partial charge on any atom is -0.210 e. The summed E-state index contributed by atoms with van der Waals surface area (Å²) < 4.78 is 47.6. The van der Waals surface area contributed by atoms with Crippen molar-refractivity contribution in [3.8, 4) is 0 Å². The molecule has 0 radical (unpaired) electrons. The van der Waals surface area contributed by atoms with Gasteiger partial charge < -0.3 is 0 Å². The van der Waals surface area contributed by atoms with E-state index in [4.69, 9.17) is 0 Å². The molecule has 3 nitrogen and oxygen atoms in total. The molecule has 0 aromatic heterocycles. The summed E-state index contributed by atoms with van der Waals surface area (Å²) in [4.78, 5) is 0. The summed E-state index contributed by atoms with van der Waals surface area (Å²) in [5.74, 6) is -2.77. The highest BCUT2D eigenvalue weighted by molar-refractivity contribution is 7.89. The molecule has 0 aliphatic rings. The Morgan fingerprint density at radius 2 is 1.47 bits per heavy atom. The molecule has 15 heavy (non-hydrogen) atoms. The second-order valence-corrected chi connectivity index (χ2v) is 6.04. The molecule has 0 saturated heterocycles. The summed E-state index contributed by atoms with van der Waals surface area (Å²) in [7, 11) is -4.44. The van der Waals surface area contributed by atoms with Gasteiger partial charge in [-0.15, -0.1) is 0 Å². The topological polar surface area (TPSA) is 46.2 Å². The van der Waals surface area contributed by atoms with E-state index in [1.54, 1.807) is 0 Å². The SMILES string of the molecule is CC(C)C(CNS(=O)(=O)C(F)F)C(C)C. The fourth-order valence-corrected chi connectivity index (χ4v) is 2.07. The maximum atomic E-state index is 12.0. The molecule has 1 N–H and O–H groups in total. The van der Waals surface area contributed by atoms with Crippen LogP contribution in [0.3, 0.4) is 0 Å². The quantitative estimate of drug-likeness (QED) is 0.776. The van der Waals surface area contributed by atoms with Crippen LogP contribution in [-0.4, -0.2) is 20.7 Å². The molecule has 0 aromatic carbocycles. The number of nitrogens with one attached hydrogen (secondary N) is 1. The summed E-state index contributed by atoms with van der Waals surface area (Å²) in [6.45, 7) is 7.85. The number of alkyl halides is 2. The molecule has 0 bridgehead atoms. The molecule has 0 aromatic rings. The van der Waals surface area contributed by atoms with E-state index >= 15 is 0 Å². The smallest absolute Gasteiger partial charge is 0.210 e. The summed E-state index contributed by atoms with van der Waals surface area (Å²) in [5, 5.41) is 0. The third kappa shape index (κ3) is 4.88. The second-order valence-electron chi connectivity index (χ2n) is 4.31. The maximum Gasteiger partial charge on any atom is 0.350 e. The molecule has 0 fully saturated rings. The maximum absolute atomic E-state index is 12.0. The largest absolute Gasteiger partial charge is 0.350 e. The van der Waals surface area contributed by atoms with Crippen molar-refractivity contribution in [2.75, 3.05) is 6.54 Å². The van der Waals surface area contributed by atoms with E-state index in [0.717, 1.165) is 0 Å². The minimum atomic E-state index is -4.44.